The Bertz CT molecular complexity index is 1800. The molecule has 46 heavy (non-hydrogen) atoms. The Morgan fingerprint density at radius 2 is 1.74 bits per heavy atom. The van der Waals surface area contributed by atoms with E-state index in [1.54, 1.807) is 28.8 Å². The van der Waals surface area contributed by atoms with Crippen LogP contribution in [0.1, 0.15) is 55.1 Å². The minimum absolute atomic E-state index is 0.0404. The minimum Gasteiger partial charge on any atom is -0.387 e. The number of Topliss-reactive ketones (excluding diaryl/α,β-unsaturated/α-hetero) is 1. The average Bonchev–Trinajstić information content (AvgIpc) is 3.36. The number of halogens is 1. The molecule has 10 nitrogen and oxygen atoms in total. The Hall–Kier alpha value is -4.10. The van der Waals surface area contributed by atoms with Crippen LogP contribution >= 0.6 is 0 Å². The molecule has 0 saturated heterocycles. The lowest BCUT2D eigenvalue weighted by atomic mass is 10.1. The van der Waals surface area contributed by atoms with Crippen molar-refractivity contribution in [3.63, 3.8) is 0 Å². The molecular weight excluding hydrogens is 609 g/mol. The summed E-state index contributed by atoms with van der Waals surface area (Å²) in [5.74, 6) is -0.291. The number of aliphatic hydroxyl groups excluding tert-OH is 1. The van der Waals surface area contributed by atoms with E-state index < -0.39 is 16.1 Å². The fourth-order valence-electron chi connectivity index (χ4n) is 5.14. The number of hydrogen-bond donors (Lipinski definition) is 4. The van der Waals surface area contributed by atoms with Crippen LogP contribution in [0.25, 0.3) is 16.7 Å². The molecule has 0 spiro atoms. The maximum Gasteiger partial charge on any atom is 0.330 e. The van der Waals surface area contributed by atoms with Gasteiger partial charge in [-0.15, -0.1) is 0 Å². The molecule has 5 rings (SSSR count). The molecule has 0 fully saturated rings. The van der Waals surface area contributed by atoms with Crippen molar-refractivity contribution in [3.05, 3.63) is 106 Å². The molecule has 4 N–H and O–H groups in total. The summed E-state index contributed by atoms with van der Waals surface area (Å²) in [6.07, 6.45) is 4.58. The van der Waals surface area contributed by atoms with Gasteiger partial charge in [0.15, 0.2) is 5.78 Å². The number of fused-ring (bicyclic) bond motifs is 1. The van der Waals surface area contributed by atoms with Crippen LogP contribution < -0.4 is 15.7 Å². The zero-order valence-corrected chi connectivity index (χ0v) is 27.2. The van der Waals surface area contributed by atoms with Crippen molar-refractivity contribution in [1.29, 1.82) is 0 Å². The van der Waals surface area contributed by atoms with Gasteiger partial charge in [-0.3, -0.25) is 19.0 Å². The second kappa shape index (κ2) is 15.9. The van der Waals surface area contributed by atoms with Crippen molar-refractivity contribution >= 4 is 38.2 Å². The van der Waals surface area contributed by atoms with E-state index >= 15 is 0 Å². The number of hydrogen-bond acceptors (Lipinski definition) is 7. The smallest absolute Gasteiger partial charge is 0.330 e. The number of carbonyl (C=O) groups excluding carboxylic acids is 1. The number of sulfonamides is 1. The molecular formula is C34H42FN5O5S. The highest BCUT2D eigenvalue weighted by Crippen LogP contribution is 2.20. The van der Waals surface area contributed by atoms with Gasteiger partial charge in [0.2, 0.25) is 10.0 Å². The van der Waals surface area contributed by atoms with Gasteiger partial charge in [-0.2, -0.15) is 0 Å². The Morgan fingerprint density at radius 3 is 2.37 bits per heavy atom. The molecule has 0 radical (unpaired) electrons. The molecule has 1 atom stereocenters. The lowest BCUT2D eigenvalue weighted by molar-refractivity contribution is 0.0975. The number of nitrogens with one attached hydrogen (secondary N) is 3. The van der Waals surface area contributed by atoms with E-state index in [0.717, 1.165) is 61.0 Å². The Labute approximate surface area is 269 Å². The first kappa shape index (κ1) is 34.8. The van der Waals surface area contributed by atoms with Gasteiger partial charge in [0.05, 0.1) is 23.4 Å². The number of imidazole rings is 1. The van der Waals surface area contributed by atoms with E-state index in [1.807, 2.05) is 38.1 Å². The third-order valence-electron chi connectivity index (χ3n) is 7.51. The van der Waals surface area contributed by atoms with Gasteiger partial charge in [-0.1, -0.05) is 44.2 Å². The van der Waals surface area contributed by atoms with Gasteiger partial charge in [-0.05, 0) is 67.1 Å². The number of rotatable bonds is 12. The van der Waals surface area contributed by atoms with Crippen LogP contribution in [0.5, 0.6) is 0 Å². The second-order valence-electron chi connectivity index (χ2n) is 11.6. The monoisotopic (exact) mass is 651 g/mol. The summed E-state index contributed by atoms with van der Waals surface area (Å²) < 4.78 is 39.1. The quantitative estimate of drug-likeness (QED) is 0.162. The fourth-order valence-corrected chi connectivity index (χ4v) is 5.71. The van der Waals surface area contributed by atoms with Crippen LogP contribution in [0.4, 0.5) is 10.1 Å². The standard InChI is InChI=1S/C22H22FN3O2.C12H20N2O3S/c23-17-9-7-16(8-10-17)21(27)6-3-13-25-14-11-18(12-15-25)26-20-5-2-1-4-19(20)24-22(26)28;1-9(2)13-8-12(15)10-4-6-11(7-5-10)14-18(3,16)17/h1-2,4-5,7-11H,3,6,12-15H2,(H,24,28);4-7,9,12-15H,8H2,1-3H3. The first-order valence-electron chi connectivity index (χ1n) is 15.3. The molecule has 1 unspecified atom stereocenters. The highest BCUT2D eigenvalue weighted by molar-refractivity contribution is 7.92. The van der Waals surface area contributed by atoms with Gasteiger partial charge >= 0.3 is 5.69 Å². The number of para-hydroxylation sites is 2. The largest absolute Gasteiger partial charge is 0.387 e. The lowest BCUT2D eigenvalue weighted by Gasteiger charge is -2.26. The molecule has 1 aliphatic rings. The van der Waals surface area contributed by atoms with Crippen molar-refractivity contribution < 1.29 is 22.7 Å². The van der Waals surface area contributed by atoms with Crippen molar-refractivity contribution in [2.45, 2.75) is 45.3 Å². The molecule has 2 heterocycles. The van der Waals surface area contributed by atoms with Crippen LogP contribution in [0.3, 0.4) is 0 Å². The van der Waals surface area contributed by atoms with Gasteiger partial charge in [0.1, 0.15) is 5.82 Å². The Morgan fingerprint density at radius 1 is 1.04 bits per heavy atom. The number of aliphatic hydroxyl groups is 1. The van der Waals surface area contributed by atoms with E-state index in [2.05, 4.69) is 26.0 Å². The Balaban J connectivity index is 0.000000232. The first-order chi connectivity index (χ1) is 21.9. The highest BCUT2D eigenvalue weighted by Gasteiger charge is 2.17. The zero-order chi connectivity index (χ0) is 33.3. The van der Waals surface area contributed by atoms with E-state index in [9.17, 15) is 27.5 Å². The van der Waals surface area contributed by atoms with Gasteiger partial charge in [-0.25, -0.2) is 17.6 Å². The Kier molecular flexibility index (Phi) is 12.1. The molecule has 12 heteroatoms. The van der Waals surface area contributed by atoms with E-state index in [1.165, 1.54) is 24.3 Å². The summed E-state index contributed by atoms with van der Waals surface area (Å²) in [5.41, 5.74) is 4.45. The summed E-state index contributed by atoms with van der Waals surface area (Å²) >= 11 is 0. The first-order valence-corrected chi connectivity index (χ1v) is 17.2. The predicted octanol–water partition coefficient (Wildman–Crippen LogP) is 4.77. The topological polar surface area (TPSA) is 137 Å². The molecule has 0 amide bonds. The fraction of sp³-hybridized carbons (Fsp3) is 0.353. The number of carbonyl (C=O) groups is 1. The van der Waals surface area contributed by atoms with Crippen molar-refractivity contribution in [3.8, 4) is 0 Å². The molecule has 1 aliphatic heterocycles. The molecule has 3 aromatic carbocycles. The SMILES string of the molecule is CC(C)NCC(O)c1ccc(NS(C)(=O)=O)cc1.O=C(CCCN1CC=C(n2c(=O)[nH]c3ccccc32)CC1)c1ccc(F)cc1. The van der Waals surface area contributed by atoms with E-state index in [0.29, 0.717) is 30.3 Å². The summed E-state index contributed by atoms with van der Waals surface area (Å²) in [7, 11) is -3.26. The van der Waals surface area contributed by atoms with Gasteiger partial charge < -0.3 is 15.4 Å². The molecule has 0 saturated carbocycles. The van der Waals surface area contributed by atoms with E-state index in [4.69, 9.17) is 0 Å². The summed E-state index contributed by atoms with van der Waals surface area (Å²) in [6.45, 7) is 6.91. The number of nitrogens with zero attached hydrogens (tertiary/aromatic N) is 2. The molecule has 0 aliphatic carbocycles. The maximum atomic E-state index is 12.9. The van der Waals surface area contributed by atoms with Crippen LogP contribution in [-0.4, -0.2) is 72.2 Å². The molecule has 246 valence electrons. The molecule has 1 aromatic heterocycles. The number of aromatic nitrogens is 2. The lowest BCUT2D eigenvalue weighted by Crippen LogP contribution is -2.32. The van der Waals surface area contributed by atoms with E-state index in [-0.39, 0.29) is 17.3 Å². The number of aromatic amines is 1. The van der Waals surface area contributed by atoms with Crippen molar-refractivity contribution in [1.82, 2.24) is 19.8 Å². The number of benzene rings is 3. The number of ketones is 1. The average molecular weight is 652 g/mol. The number of H-pyrrole nitrogens is 1. The second-order valence-corrected chi connectivity index (χ2v) is 13.4. The number of anilines is 1. The summed E-state index contributed by atoms with van der Waals surface area (Å²) in [5, 5.41) is 13.0. The summed E-state index contributed by atoms with van der Waals surface area (Å²) in [6, 6.07) is 20.4. The van der Waals surface area contributed by atoms with Crippen molar-refractivity contribution in [2.75, 3.05) is 37.2 Å². The third-order valence-corrected chi connectivity index (χ3v) is 8.12. The zero-order valence-electron chi connectivity index (χ0n) is 26.4. The summed E-state index contributed by atoms with van der Waals surface area (Å²) in [4.78, 5) is 29.7. The third kappa shape index (κ3) is 10.2. The normalized spacial score (nSPS) is 14.4. The molecule has 4 aromatic rings. The van der Waals surface area contributed by atoms with Crippen LogP contribution in [0, 0.1) is 5.82 Å². The maximum absolute atomic E-state index is 12.9. The highest BCUT2D eigenvalue weighted by atomic mass is 32.2. The predicted molar refractivity (Wildman–Crippen MR) is 181 cm³/mol. The van der Waals surface area contributed by atoms with Gasteiger partial charge in [0.25, 0.3) is 0 Å². The van der Waals surface area contributed by atoms with Crippen LogP contribution in [0.2, 0.25) is 0 Å². The van der Waals surface area contributed by atoms with Crippen LogP contribution in [-0.2, 0) is 10.0 Å². The van der Waals surface area contributed by atoms with Crippen LogP contribution in [0.15, 0.2) is 83.7 Å². The molecule has 0 bridgehead atoms. The minimum atomic E-state index is -3.26. The van der Waals surface area contributed by atoms with Gasteiger partial charge in [0, 0.05) is 55.5 Å². The van der Waals surface area contributed by atoms with Crippen molar-refractivity contribution in [2.24, 2.45) is 0 Å².